The maximum absolute atomic E-state index is 12.4. The predicted molar refractivity (Wildman–Crippen MR) is 76.9 cm³/mol. The van der Waals surface area contributed by atoms with E-state index < -0.39 is 10.0 Å². The van der Waals surface area contributed by atoms with Gasteiger partial charge in [-0.05, 0) is 30.4 Å². The number of terminal acetylenes is 1. The number of benzene rings is 1. The molecule has 0 N–H and O–H groups in total. The summed E-state index contributed by atoms with van der Waals surface area (Å²) < 4.78 is 26.2. The first-order valence-electron chi connectivity index (χ1n) is 6.46. The van der Waals surface area contributed by atoms with Crippen LogP contribution in [0.3, 0.4) is 0 Å². The highest BCUT2D eigenvalue weighted by Crippen LogP contribution is 2.31. The van der Waals surface area contributed by atoms with Crippen molar-refractivity contribution in [2.24, 2.45) is 5.92 Å². The Morgan fingerprint density at radius 1 is 1.35 bits per heavy atom. The van der Waals surface area contributed by atoms with Crippen LogP contribution in [0.2, 0.25) is 0 Å². The van der Waals surface area contributed by atoms with Crippen LogP contribution in [0, 0.1) is 29.6 Å². The standard InChI is InChI=1S/C15H16N2O2S/c1-2-9-17(11-13-7-8-13)20(18,19)12-15-6-4-3-5-14(15)10-16/h1,3-6,13H,7-9,11-12H2. The fourth-order valence-electron chi connectivity index (χ4n) is 2.01. The molecule has 4 nitrogen and oxygen atoms in total. The fourth-order valence-corrected chi connectivity index (χ4v) is 3.55. The van der Waals surface area contributed by atoms with Gasteiger partial charge in [0.25, 0.3) is 0 Å². The summed E-state index contributed by atoms with van der Waals surface area (Å²) in [5, 5.41) is 9.02. The zero-order valence-electron chi connectivity index (χ0n) is 11.1. The third kappa shape index (κ3) is 3.60. The molecule has 1 aromatic carbocycles. The zero-order valence-corrected chi connectivity index (χ0v) is 11.9. The van der Waals surface area contributed by atoms with E-state index in [0.717, 1.165) is 12.8 Å². The Balaban J connectivity index is 2.20. The van der Waals surface area contributed by atoms with Gasteiger partial charge in [-0.1, -0.05) is 24.1 Å². The van der Waals surface area contributed by atoms with E-state index in [-0.39, 0.29) is 12.3 Å². The summed E-state index contributed by atoms with van der Waals surface area (Å²) in [5.74, 6) is 2.66. The maximum atomic E-state index is 12.4. The second kappa shape index (κ2) is 6.09. The molecule has 0 bridgehead atoms. The van der Waals surface area contributed by atoms with Gasteiger partial charge in [0.1, 0.15) is 0 Å². The molecular formula is C15H16N2O2S. The molecule has 0 atom stereocenters. The Bertz CT molecular complexity index is 664. The lowest BCUT2D eigenvalue weighted by molar-refractivity contribution is 0.429. The minimum Gasteiger partial charge on any atom is -0.212 e. The molecule has 0 unspecified atom stereocenters. The van der Waals surface area contributed by atoms with Crippen LogP contribution < -0.4 is 0 Å². The molecule has 0 heterocycles. The summed E-state index contributed by atoms with van der Waals surface area (Å²) in [5.41, 5.74) is 0.913. The lowest BCUT2D eigenvalue weighted by Crippen LogP contribution is -2.34. The summed E-state index contributed by atoms with van der Waals surface area (Å²) in [6.07, 6.45) is 7.39. The average Bonchev–Trinajstić information content (AvgIpc) is 3.22. The van der Waals surface area contributed by atoms with Crippen LogP contribution in [0.15, 0.2) is 24.3 Å². The van der Waals surface area contributed by atoms with Gasteiger partial charge >= 0.3 is 0 Å². The minimum absolute atomic E-state index is 0.0908. The molecule has 1 fully saturated rings. The van der Waals surface area contributed by atoms with Gasteiger partial charge in [0.2, 0.25) is 10.0 Å². The van der Waals surface area contributed by atoms with Crippen molar-refractivity contribution in [3.05, 3.63) is 35.4 Å². The first-order chi connectivity index (χ1) is 9.56. The lowest BCUT2D eigenvalue weighted by Gasteiger charge is -2.20. The first kappa shape index (κ1) is 14.6. The van der Waals surface area contributed by atoms with Gasteiger partial charge < -0.3 is 0 Å². The highest BCUT2D eigenvalue weighted by molar-refractivity contribution is 7.88. The normalized spacial score (nSPS) is 14.8. The Labute approximate surface area is 120 Å². The average molecular weight is 288 g/mol. The van der Waals surface area contributed by atoms with Crippen molar-refractivity contribution in [2.45, 2.75) is 18.6 Å². The van der Waals surface area contributed by atoms with Gasteiger partial charge in [-0.15, -0.1) is 6.42 Å². The van der Waals surface area contributed by atoms with Crippen LogP contribution in [-0.2, 0) is 15.8 Å². The van der Waals surface area contributed by atoms with Gasteiger partial charge in [-0.2, -0.15) is 9.57 Å². The van der Waals surface area contributed by atoms with Gasteiger partial charge in [0.05, 0.1) is 23.9 Å². The Kier molecular flexibility index (Phi) is 4.44. The largest absolute Gasteiger partial charge is 0.219 e. The zero-order chi connectivity index (χ0) is 14.6. The summed E-state index contributed by atoms with van der Waals surface area (Å²) in [6.45, 7) is 0.578. The molecule has 2 rings (SSSR count). The smallest absolute Gasteiger partial charge is 0.212 e. The Morgan fingerprint density at radius 2 is 2.05 bits per heavy atom. The van der Waals surface area contributed by atoms with Crippen molar-refractivity contribution in [1.29, 1.82) is 5.26 Å². The van der Waals surface area contributed by atoms with Crippen molar-refractivity contribution in [3.8, 4) is 18.4 Å². The third-order valence-corrected chi connectivity index (χ3v) is 5.04. The van der Waals surface area contributed by atoms with E-state index in [1.807, 2.05) is 6.07 Å². The van der Waals surface area contributed by atoms with Crippen molar-refractivity contribution >= 4 is 10.0 Å². The number of hydrogen-bond donors (Lipinski definition) is 0. The molecule has 1 aromatic rings. The summed E-state index contributed by atoms with van der Waals surface area (Å²) >= 11 is 0. The highest BCUT2D eigenvalue weighted by atomic mass is 32.2. The molecule has 20 heavy (non-hydrogen) atoms. The minimum atomic E-state index is -3.49. The monoisotopic (exact) mass is 288 g/mol. The Morgan fingerprint density at radius 3 is 2.65 bits per heavy atom. The molecule has 0 aromatic heterocycles. The van der Waals surface area contributed by atoms with E-state index in [1.165, 1.54) is 4.31 Å². The van der Waals surface area contributed by atoms with Crippen LogP contribution >= 0.6 is 0 Å². The summed E-state index contributed by atoms with van der Waals surface area (Å²) in [6, 6.07) is 8.76. The molecule has 0 amide bonds. The predicted octanol–water partition coefficient (Wildman–Crippen LogP) is 1.73. The van der Waals surface area contributed by atoms with Crippen LogP contribution in [0.5, 0.6) is 0 Å². The number of nitrogens with zero attached hydrogens (tertiary/aromatic N) is 2. The van der Waals surface area contributed by atoms with E-state index in [2.05, 4.69) is 5.92 Å². The summed E-state index contributed by atoms with van der Waals surface area (Å²) in [7, 11) is -3.49. The summed E-state index contributed by atoms with van der Waals surface area (Å²) in [4.78, 5) is 0. The van der Waals surface area contributed by atoms with Crippen LogP contribution in [0.1, 0.15) is 24.0 Å². The van der Waals surface area contributed by atoms with Crippen LogP contribution in [0.25, 0.3) is 0 Å². The second-order valence-corrected chi connectivity index (χ2v) is 6.93. The van der Waals surface area contributed by atoms with Crippen molar-refractivity contribution in [1.82, 2.24) is 4.31 Å². The number of hydrogen-bond acceptors (Lipinski definition) is 3. The molecular weight excluding hydrogens is 272 g/mol. The number of nitriles is 1. The van der Waals surface area contributed by atoms with Gasteiger partial charge in [-0.25, -0.2) is 8.42 Å². The number of rotatable bonds is 6. The first-order valence-corrected chi connectivity index (χ1v) is 8.07. The van der Waals surface area contributed by atoms with Crippen molar-refractivity contribution < 1.29 is 8.42 Å². The molecule has 0 aliphatic heterocycles. The molecule has 0 radical (unpaired) electrons. The van der Waals surface area contributed by atoms with Crippen LogP contribution in [-0.4, -0.2) is 25.8 Å². The SMILES string of the molecule is C#CCN(CC1CC1)S(=O)(=O)Cc1ccccc1C#N. The molecule has 5 heteroatoms. The van der Waals surface area contributed by atoms with E-state index >= 15 is 0 Å². The molecule has 0 saturated heterocycles. The molecule has 0 spiro atoms. The van der Waals surface area contributed by atoms with Gasteiger partial charge in [0.15, 0.2) is 0 Å². The molecule has 1 aliphatic rings. The van der Waals surface area contributed by atoms with Crippen molar-refractivity contribution in [3.63, 3.8) is 0 Å². The van der Waals surface area contributed by atoms with E-state index in [1.54, 1.807) is 24.3 Å². The molecule has 1 saturated carbocycles. The topological polar surface area (TPSA) is 61.2 Å². The maximum Gasteiger partial charge on any atom is 0.219 e. The Hall–Kier alpha value is -1.82. The van der Waals surface area contributed by atoms with Gasteiger partial charge in [-0.3, -0.25) is 0 Å². The van der Waals surface area contributed by atoms with Crippen molar-refractivity contribution in [2.75, 3.05) is 13.1 Å². The van der Waals surface area contributed by atoms with E-state index in [9.17, 15) is 8.42 Å². The number of sulfonamides is 1. The van der Waals surface area contributed by atoms with E-state index in [0.29, 0.717) is 23.6 Å². The van der Waals surface area contributed by atoms with E-state index in [4.69, 9.17) is 11.7 Å². The highest BCUT2D eigenvalue weighted by Gasteiger charge is 2.30. The lowest BCUT2D eigenvalue weighted by atomic mass is 10.1. The van der Waals surface area contributed by atoms with Crippen LogP contribution in [0.4, 0.5) is 0 Å². The molecule has 1 aliphatic carbocycles. The second-order valence-electron chi connectivity index (χ2n) is 4.97. The quantitative estimate of drug-likeness (QED) is 0.749. The molecule has 104 valence electrons. The third-order valence-electron chi connectivity index (χ3n) is 3.30. The fraction of sp³-hybridized carbons (Fsp3) is 0.400. The van der Waals surface area contributed by atoms with Gasteiger partial charge in [0, 0.05) is 6.54 Å².